The van der Waals surface area contributed by atoms with Crippen LogP contribution in [0.4, 0.5) is 30.5 Å². The number of nitro benzene ring substituents is 1. The highest BCUT2D eigenvalue weighted by molar-refractivity contribution is 7.86. The lowest BCUT2D eigenvalue weighted by Crippen LogP contribution is -2.21. The van der Waals surface area contributed by atoms with Crippen molar-refractivity contribution < 1.29 is 35.8 Å². The van der Waals surface area contributed by atoms with Gasteiger partial charge in [0.25, 0.3) is 0 Å². The lowest BCUT2D eigenvalue weighted by molar-refractivity contribution is -0.387. The van der Waals surface area contributed by atoms with Crippen LogP contribution < -0.4 is 10.1 Å². The first-order chi connectivity index (χ1) is 20.7. The number of anilines is 2. The van der Waals surface area contributed by atoms with E-state index in [1.54, 1.807) is 18.6 Å². The minimum Gasteiger partial charge on any atom is -0.482 e. The summed E-state index contributed by atoms with van der Waals surface area (Å²) in [4.78, 5) is 21.2. The van der Waals surface area contributed by atoms with Crippen LogP contribution in [0.25, 0.3) is 22.2 Å². The van der Waals surface area contributed by atoms with Gasteiger partial charge in [0.1, 0.15) is 16.5 Å². The van der Waals surface area contributed by atoms with Crippen LogP contribution in [-0.4, -0.2) is 50.2 Å². The summed E-state index contributed by atoms with van der Waals surface area (Å²) < 4.78 is 79.9. The van der Waals surface area contributed by atoms with Gasteiger partial charge in [0.15, 0.2) is 6.61 Å². The van der Waals surface area contributed by atoms with Crippen molar-refractivity contribution in [1.29, 1.82) is 0 Å². The number of para-hydroxylation sites is 1. The first kappa shape index (κ1) is 32.1. The molecule has 0 aliphatic heterocycles. The van der Waals surface area contributed by atoms with Gasteiger partial charge in [-0.05, 0) is 31.2 Å². The summed E-state index contributed by atoms with van der Waals surface area (Å²) in [7, 11) is -3.63. The van der Waals surface area contributed by atoms with Crippen molar-refractivity contribution in [1.82, 2.24) is 19.5 Å². The molecule has 0 amide bonds. The second kappa shape index (κ2) is 12.8. The average molecular weight is 651 g/mol. The molecular formula is C27H22ClF3N6O6S. The fourth-order valence-corrected chi connectivity index (χ4v) is 5.32. The smallest absolute Gasteiger partial charge is 0.422 e. The highest BCUT2D eigenvalue weighted by Crippen LogP contribution is 2.48. The molecule has 0 bridgehead atoms. The zero-order valence-electron chi connectivity index (χ0n) is 22.8. The molecule has 0 saturated heterocycles. The minimum atomic E-state index is -5.44. The third-order valence-electron chi connectivity index (χ3n) is 6.00. The Bertz CT molecular complexity index is 1910. The molecule has 5 rings (SSSR count). The molecular weight excluding hydrogens is 629 g/mol. The molecule has 0 aliphatic rings. The van der Waals surface area contributed by atoms with Gasteiger partial charge >= 0.3 is 22.0 Å². The molecule has 0 saturated carbocycles. The Morgan fingerprint density at radius 1 is 1.11 bits per heavy atom. The second-order valence-corrected chi connectivity index (χ2v) is 10.8. The highest BCUT2D eigenvalue weighted by Gasteiger charge is 2.38. The lowest BCUT2D eigenvalue weighted by Gasteiger charge is -2.19. The summed E-state index contributed by atoms with van der Waals surface area (Å²) in [5.41, 5.74) is -0.682. The van der Waals surface area contributed by atoms with Crippen molar-refractivity contribution in [3.05, 3.63) is 94.0 Å². The fraction of sp³-hybridized carbons (Fsp3) is 0.148. The fourth-order valence-electron chi connectivity index (χ4n) is 4.19. The summed E-state index contributed by atoms with van der Waals surface area (Å²) in [5.74, 6) is -1.15. The van der Waals surface area contributed by atoms with Gasteiger partial charge in [-0.3, -0.25) is 19.7 Å². The van der Waals surface area contributed by atoms with Gasteiger partial charge in [-0.15, -0.1) is 0 Å². The lowest BCUT2D eigenvalue weighted by atomic mass is 10.1. The molecule has 3 aromatic heterocycles. The Kier molecular flexibility index (Phi) is 9.36. The number of rotatable bonds is 7. The molecule has 17 heteroatoms. The average Bonchev–Trinajstić information content (AvgIpc) is 3.31. The van der Waals surface area contributed by atoms with E-state index in [0.29, 0.717) is 11.3 Å². The van der Waals surface area contributed by atoms with E-state index < -0.39 is 54.9 Å². The van der Waals surface area contributed by atoms with Gasteiger partial charge in [-0.1, -0.05) is 35.9 Å². The Morgan fingerprint density at radius 3 is 2.36 bits per heavy atom. The maximum absolute atomic E-state index is 13.0. The van der Waals surface area contributed by atoms with Crippen molar-refractivity contribution in [3.8, 4) is 17.0 Å². The highest BCUT2D eigenvalue weighted by atomic mass is 35.5. The topological polar surface area (TPSA) is 162 Å². The third kappa shape index (κ3) is 7.21. The maximum Gasteiger partial charge on any atom is 0.422 e. The number of nitrogens with zero attached hydrogens (tertiary/aromatic N) is 5. The summed E-state index contributed by atoms with van der Waals surface area (Å²) >= 11 is 5.95. The van der Waals surface area contributed by atoms with Crippen LogP contribution in [0.1, 0.15) is 5.56 Å². The molecule has 44 heavy (non-hydrogen) atoms. The van der Waals surface area contributed by atoms with E-state index in [2.05, 4.69) is 20.3 Å². The molecule has 0 aliphatic carbocycles. The number of alkyl halides is 3. The standard InChI is InChI=1S/C22H17ClF3N5O6S.C5H5N/c1-11-16(23)18(31(32)33)20(38(34,35)36)17(19(11)37-10-22(24,25)26)29-21-27-8-7-14(28-21)13-9-30(2)15-6-4-3-5-12(13)15;1-2-4-6-5-3-1/h3-9H,10H2,1-2H3,(H,27,28,29)(H,34,35,36);1-5H. The number of fused-ring (bicyclic) bond motifs is 1. The number of nitro groups is 1. The number of halogens is 4. The molecule has 0 spiro atoms. The first-order valence-electron chi connectivity index (χ1n) is 12.4. The first-order valence-corrected chi connectivity index (χ1v) is 14.2. The van der Waals surface area contributed by atoms with Gasteiger partial charge in [-0.2, -0.15) is 21.6 Å². The summed E-state index contributed by atoms with van der Waals surface area (Å²) in [6.45, 7) is -0.800. The Labute approximate surface area is 253 Å². The number of aryl methyl sites for hydroxylation is 1. The number of hydrogen-bond acceptors (Lipinski definition) is 9. The van der Waals surface area contributed by atoms with Crippen molar-refractivity contribution >= 4 is 49.9 Å². The molecule has 0 fully saturated rings. The van der Waals surface area contributed by atoms with Crippen molar-refractivity contribution in [3.63, 3.8) is 0 Å². The SMILES string of the molecule is Cc1c(Cl)c([N+](=O)[O-])c(S(=O)(=O)O)c(Nc2nccc(-c3cn(C)c4ccccc34)n2)c1OCC(F)(F)F.c1ccncc1. The zero-order chi connectivity index (χ0) is 32.2. The van der Waals surface area contributed by atoms with E-state index in [1.807, 2.05) is 54.1 Å². The van der Waals surface area contributed by atoms with Gasteiger partial charge in [0.05, 0.1) is 10.6 Å². The number of benzene rings is 2. The van der Waals surface area contributed by atoms with Crippen LogP contribution in [0, 0.1) is 17.0 Å². The normalized spacial score (nSPS) is 11.5. The van der Waals surface area contributed by atoms with Gasteiger partial charge < -0.3 is 14.6 Å². The molecule has 5 aromatic rings. The van der Waals surface area contributed by atoms with Gasteiger partial charge in [0.2, 0.25) is 10.8 Å². The molecule has 12 nitrogen and oxygen atoms in total. The van der Waals surface area contributed by atoms with E-state index in [0.717, 1.165) is 17.8 Å². The van der Waals surface area contributed by atoms with E-state index in [-0.39, 0.29) is 11.5 Å². The predicted molar refractivity (Wildman–Crippen MR) is 156 cm³/mol. The summed E-state index contributed by atoms with van der Waals surface area (Å²) in [6.07, 6.45) is 1.70. The summed E-state index contributed by atoms with van der Waals surface area (Å²) in [5, 5.41) is 14.1. The van der Waals surface area contributed by atoms with Crippen LogP contribution in [0.15, 0.2) is 78.2 Å². The predicted octanol–water partition coefficient (Wildman–Crippen LogP) is 6.52. The molecule has 0 unspecified atom stereocenters. The quantitative estimate of drug-likeness (QED) is 0.113. The molecule has 0 radical (unpaired) electrons. The van der Waals surface area contributed by atoms with Crippen LogP contribution in [0.5, 0.6) is 5.75 Å². The Balaban J connectivity index is 0.000000657. The number of nitrogens with one attached hydrogen (secondary N) is 1. The van der Waals surface area contributed by atoms with Crippen molar-refractivity contribution in [2.75, 3.05) is 11.9 Å². The van der Waals surface area contributed by atoms with E-state index >= 15 is 0 Å². The van der Waals surface area contributed by atoms with Gasteiger partial charge in [0, 0.05) is 53.9 Å². The van der Waals surface area contributed by atoms with E-state index in [9.17, 15) is 36.3 Å². The molecule has 2 N–H and O–H groups in total. The van der Waals surface area contributed by atoms with Crippen LogP contribution in [0.2, 0.25) is 5.02 Å². The zero-order valence-corrected chi connectivity index (χ0v) is 24.4. The number of ether oxygens (including phenoxy) is 1. The molecule has 3 heterocycles. The Morgan fingerprint density at radius 2 is 1.80 bits per heavy atom. The third-order valence-corrected chi connectivity index (χ3v) is 7.38. The van der Waals surface area contributed by atoms with Crippen LogP contribution in [-0.2, 0) is 17.2 Å². The van der Waals surface area contributed by atoms with Crippen LogP contribution in [0.3, 0.4) is 0 Å². The van der Waals surface area contributed by atoms with E-state index in [1.165, 1.54) is 12.3 Å². The van der Waals surface area contributed by atoms with Crippen molar-refractivity contribution in [2.45, 2.75) is 18.0 Å². The number of aromatic nitrogens is 4. The largest absolute Gasteiger partial charge is 0.482 e. The molecule has 230 valence electrons. The Hall–Kier alpha value is -4.80. The number of pyridine rings is 1. The van der Waals surface area contributed by atoms with E-state index in [4.69, 9.17) is 16.3 Å². The summed E-state index contributed by atoms with van der Waals surface area (Å²) in [6, 6.07) is 14.6. The monoisotopic (exact) mass is 650 g/mol. The second-order valence-electron chi connectivity index (χ2n) is 9.04. The maximum atomic E-state index is 13.0. The minimum absolute atomic E-state index is 0.339. The molecule has 0 atom stereocenters. The van der Waals surface area contributed by atoms with Crippen molar-refractivity contribution in [2.24, 2.45) is 7.05 Å². The molecule has 2 aromatic carbocycles. The van der Waals surface area contributed by atoms with Gasteiger partial charge in [-0.25, -0.2) is 9.97 Å². The number of hydrogen-bond donors (Lipinski definition) is 2. The van der Waals surface area contributed by atoms with Crippen LogP contribution >= 0.6 is 11.6 Å².